The highest BCUT2D eigenvalue weighted by atomic mass is 32.2. The summed E-state index contributed by atoms with van der Waals surface area (Å²) < 4.78 is 54.9. The number of methoxy groups -OCH3 is 2. The highest BCUT2D eigenvalue weighted by Gasteiger charge is 2.39. The molecule has 46 heavy (non-hydrogen) atoms. The fraction of sp³-hybridized carbons (Fsp3) is 0.273. The average Bonchev–Trinajstić information content (AvgIpc) is 2.99. The molecule has 1 aliphatic rings. The van der Waals surface area contributed by atoms with Gasteiger partial charge in [0.1, 0.15) is 21.2 Å². The first-order chi connectivity index (χ1) is 21.9. The molecule has 4 heterocycles. The van der Waals surface area contributed by atoms with Crippen molar-refractivity contribution in [1.29, 1.82) is 9.56 Å². The van der Waals surface area contributed by atoms with E-state index < -0.39 is 24.7 Å². The highest BCUT2D eigenvalue weighted by Crippen LogP contribution is 2.29. The Morgan fingerprint density at radius 1 is 0.957 bits per heavy atom. The van der Waals surface area contributed by atoms with Crippen molar-refractivity contribution < 1.29 is 27.3 Å². The maximum atomic E-state index is 13.8. The van der Waals surface area contributed by atoms with Gasteiger partial charge in [0.2, 0.25) is 17.3 Å². The number of ether oxygens (including phenoxy) is 2. The topological polar surface area (TPSA) is 150 Å². The molecule has 0 aliphatic carbocycles. The standard InChI is InChI=1S/C33H35N6O5S2/c1-43-24-5-7-27-23(10-12-36-31(27)15-24)14-33(40)39-18-26(19-39)46(35,42)21-38-13-11-28(29-8-6-25(44-2)16-32(29)38)30-9-4-22(17-37-30)20-45(3,34)41/h4-13,15-17,26,34-35H,14,18-21H2,1-3H3/q+1. The van der Waals surface area contributed by atoms with Crippen LogP contribution in [0.25, 0.3) is 33.1 Å². The van der Waals surface area contributed by atoms with E-state index in [2.05, 4.69) is 9.97 Å². The van der Waals surface area contributed by atoms with Crippen LogP contribution in [0.4, 0.5) is 0 Å². The molecule has 1 fully saturated rings. The van der Waals surface area contributed by atoms with Crippen LogP contribution in [-0.2, 0) is 42.3 Å². The van der Waals surface area contributed by atoms with Gasteiger partial charge in [0.15, 0.2) is 6.20 Å². The summed E-state index contributed by atoms with van der Waals surface area (Å²) >= 11 is 0. The van der Waals surface area contributed by atoms with E-state index in [1.165, 1.54) is 6.26 Å². The molecule has 2 N–H and O–H groups in total. The van der Waals surface area contributed by atoms with E-state index in [0.29, 0.717) is 17.2 Å². The van der Waals surface area contributed by atoms with Crippen molar-refractivity contribution in [3.63, 3.8) is 0 Å². The Bertz CT molecular complexity index is 2180. The van der Waals surface area contributed by atoms with Crippen molar-refractivity contribution in [3.05, 3.63) is 90.4 Å². The number of hydrogen-bond donors (Lipinski definition) is 2. The third-order valence-electron chi connectivity index (χ3n) is 8.22. The fourth-order valence-electron chi connectivity index (χ4n) is 5.70. The summed E-state index contributed by atoms with van der Waals surface area (Å²) in [5.41, 5.74) is 4.59. The van der Waals surface area contributed by atoms with E-state index in [0.717, 1.165) is 38.5 Å². The van der Waals surface area contributed by atoms with Crippen LogP contribution in [0.5, 0.6) is 11.5 Å². The fourth-order valence-corrected chi connectivity index (χ4v) is 8.20. The lowest BCUT2D eigenvalue weighted by Crippen LogP contribution is -2.59. The predicted molar refractivity (Wildman–Crippen MR) is 178 cm³/mol. The van der Waals surface area contributed by atoms with Gasteiger partial charge in [0, 0.05) is 64.6 Å². The van der Waals surface area contributed by atoms with E-state index in [4.69, 9.17) is 19.0 Å². The first kappa shape index (κ1) is 31.4. The molecule has 5 aromatic rings. The second-order valence-corrected chi connectivity index (χ2v) is 16.3. The van der Waals surface area contributed by atoms with Crippen molar-refractivity contribution in [2.24, 2.45) is 0 Å². The Labute approximate surface area is 268 Å². The minimum Gasteiger partial charge on any atom is -0.497 e. The highest BCUT2D eigenvalue weighted by molar-refractivity contribution is 7.92. The molecule has 3 aromatic heterocycles. The van der Waals surface area contributed by atoms with Gasteiger partial charge in [0.05, 0.1) is 54.3 Å². The number of pyridine rings is 3. The molecule has 2 aromatic carbocycles. The first-order valence-electron chi connectivity index (χ1n) is 14.6. The van der Waals surface area contributed by atoms with Crippen LogP contribution in [0.3, 0.4) is 0 Å². The molecular formula is C33H35N6O5S2+. The third kappa shape index (κ3) is 6.51. The number of fused-ring (bicyclic) bond motifs is 2. The second kappa shape index (κ2) is 12.3. The number of likely N-dealkylation sites (tertiary alicyclic amines) is 1. The predicted octanol–water partition coefficient (Wildman–Crippen LogP) is 4.39. The van der Waals surface area contributed by atoms with E-state index in [1.54, 1.807) is 42.3 Å². The molecule has 2 atom stereocenters. The monoisotopic (exact) mass is 659 g/mol. The molecule has 6 rings (SSSR count). The zero-order valence-corrected chi connectivity index (χ0v) is 27.4. The molecule has 0 radical (unpaired) electrons. The van der Waals surface area contributed by atoms with Crippen LogP contribution in [0.1, 0.15) is 11.1 Å². The average molecular weight is 660 g/mol. The number of aromatic nitrogens is 3. The summed E-state index contributed by atoms with van der Waals surface area (Å²) in [5, 5.41) is 1.26. The lowest BCUT2D eigenvalue weighted by molar-refractivity contribution is -0.650. The maximum absolute atomic E-state index is 13.8. The molecular weight excluding hydrogens is 625 g/mol. The van der Waals surface area contributed by atoms with E-state index in [9.17, 15) is 13.2 Å². The third-order valence-corrected chi connectivity index (χ3v) is 11.1. The SMILES string of the molecule is COc1ccc2c(CC(=O)N3CC(S(=N)(=O)C[n+]4ccc(-c5ccc(CS(C)(=N)=O)cn5)c5ccc(OC)cc54)C3)ccnc2c1. The molecule has 1 amide bonds. The molecule has 1 aliphatic heterocycles. The van der Waals surface area contributed by atoms with Crippen LogP contribution in [0.15, 0.2) is 79.3 Å². The lowest BCUT2D eigenvalue weighted by Gasteiger charge is -2.39. The smallest absolute Gasteiger partial charge is 0.230 e. The minimum absolute atomic E-state index is 0.0405. The van der Waals surface area contributed by atoms with Gasteiger partial charge in [0.25, 0.3) is 0 Å². The first-order valence-corrected chi connectivity index (χ1v) is 18.5. The van der Waals surface area contributed by atoms with Crippen molar-refractivity contribution in [1.82, 2.24) is 14.9 Å². The Morgan fingerprint density at radius 3 is 2.35 bits per heavy atom. The van der Waals surface area contributed by atoms with Crippen molar-refractivity contribution >= 4 is 47.2 Å². The Kier molecular flexibility index (Phi) is 8.38. The Morgan fingerprint density at radius 2 is 1.67 bits per heavy atom. The second-order valence-electron chi connectivity index (χ2n) is 11.6. The van der Waals surface area contributed by atoms with E-state index >= 15 is 0 Å². The summed E-state index contributed by atoms with van der Waals surface area (Å²) in [6.07, 6.45) is 6.71. The summed E-state index contributed by atoms with van der Waals surface area (Å²) in [7, 11) is -2.64. The van der Waals surface area contributed by atoms with Crippen LogP contribution in [0, 0.1) is 9.56 Å². The van der Waals surface area contributed by atoms with Crippen molar-refractivity contribution in [2.75, 3.05) is 33.6 Å². The summed E-state index contributed by atoms with van der Waals surface area (Å²) in [5.74, 6) is 1.32. The minimum atomic E-state index is -3.13. The number of carbonyl (C=O) groups excluding carboxylic acids is 1. The molecule has 0 saturated carbocycles. The van der Waals surface area contributed by atoms with Crippen LogP contribution in [-0.4, -0.2) is 68.0 Å². The molecule has 1 saturated heterocycles. The molecule has 11 nitrogen and oxygen atoms in total. The van der Waals surface area contributed by atoms with Crippen LogP contribution < -0.4 is 14.0 Å². The van der Waals surface area contributed by atoms with Crippen LogP contribution >= 0.6 is 0 Å². The van der Waals surface area contributed by atoms with Gasteiger partial charge in [-0.15, -0.1) is 0 Å². The summed E-state index contributed by atoms with van der Waals surface area (Å²) in [4.78, 5) is 23.8. The number of hydrogen-bond acceptors (Lipinski definition) is 9. The normalized spacial score (nSPS) is 16.0. The Balaban J connectivity index is 1.19. The molecule has 238 valence electrons. The van der Waals surface area contributed by atoms with Gasteiger partial charge in [-0.05, 0) is 47.5 Å². The number of rotatable bonds is 10. The van der Waals surface area contributed by atoms with E-state index in [-0.39, 0.29) is 37.0 Å². The number of amides is 1. The van der Waals surface area contributed by atoms with E-state index in [1.807, 2.05) is 60.7 Å². The van der Waals surface area contributed by atoms with Gasteiger partial charge in [-0.25, -0.2) is 13.2 Å². The number of nitrogens with one attached hydrogen (secondary N) is 2. The largest absolute Gasteiger partial charge is 0.497 e. The summed E-state index contributed by atoms with van der Waals surface area (Å²) in [6.45, 7) is 0.521. The maximum Gasteiger partial charge on any atom is 0.230 e. The number of benzene rings is 2. The quantitative estimate of drug-likeness (QED) is 0.211. The molecule has 0 spiro atoms. The lowest BCUT2D eigenvalue weighted by atomic mass is 10.0. The number of nitrogens with zero attached hydrogens (tertiary/aromatic N) is 4. The zero-order chi connectivity index (χ0) is 32.6. The van der Waals surface area contributed by atoms with Crippen molar-refractivity contribution in [2.45, 2.75) is 23.3 Å². The summed E-state index contributed by atoms with van der Waals surface area (Å²) in [6, 6.07) is 18.5. The molecule has 13 heteroatoms. The number of carbonyl (C=O) groups is 1. The van der Waals surface area contributed by atoms with Gasteiger partial charge in [-0.3, -0.25) is 19.5 Å². The van der Waals surface area contributed by atoms with Crippen molar-refractivity contribution in [3.8, 4) is 22.8 Å². The molecule has 0 bridgehead atoms. The van der Waals surface area contributed by atoms with Gasteiger partial charge in [-0.1, -0.05) is 6.07 Å². The van der Waals surface area contributed by atoms with Crippen LogP contribution in [0.2, 0.25) is 0 Å². The molecule has 2 unspecified atom stereocenters. The zero-order valence-electron chi connectivity index (χ0n) is 25.8. The Hall–Kier alpha value is -4.62. The van der Waals surface area contributed by atoms with Gasteiger partial charge >= 0.3 is 0 Å². The van der Waals surface area contributed by atoms with Gasteiger partial charge in [-0.2, -0.15) is 4.57 Å². The van der Waals surface area contributed by atoms with Gasteiger partial charge < -0.3 is 14.4 Å².